The molecular formula is C20H18N2O4S. The summed E-state index contributed by atoms with van der Waals surface area (Å²) < 4.78 is 29.2. The monoisotopic (exact) mass is 382 g/mol. The van der Waals surface area contributed by atoms with Crippen LogP contribution in [0.15, 0.2) is 65.7 Å². The lowest BCUT2D eigenvalue weighted by Crippen LogP contribution is -2.12. The number of primary amides is 1. The maximum absolute atomic E-state index is 11.7. The van der Waals surface area contributed by atoms with Gasteiger partial charge in [-0.25, -0.2) is 8.42 Å². The van der Waals surface area contributed by atoms with Crippen molar-refractivity contribution in [1.29, 1.82) is 0 Å². The first-order valence-electron chi connectivity index (χ1n) is 8.09. The van der Waals surface area contributed by atoms with Crippen molar-refractivity contribution in [2.45, 2.75) is 11.8 Å². The van der Waals surface area contributed by atoms with Crippen molar-refractivity contribution in [3.63, 3.8) is 0 Å². The quantitative estimate of drug-likeness (QED) is 0.729. The van der Waals surface area contributed by atoms with Crippen molar-refractivity contribution in [2.75, 3.05) is 6.26 Å². The fraction of sp³-hybridized carbons (Fsp3) is 0.100. The van der Waals surface area contributed by atoms with Gasteiger partial charge >= 0.3 is 0 Å². The molecule has 0 aliphatic rings. The second kappa shape index (κ2) is 7.20. The Morgan fingerprint density at radius 1 is 1.04 bits per heavy atom. The van der Waals surface area contributed by atoms with Crippen LogP contribution in [0.5, 0.6) is 11.5 Å². The molecule has 0 saturated carbocycles. The Labute approximate surface area is 157 Å². The molecule has 0 aliphatic carbocycles. The summed E-state index contributed by atoms with van der Waals surface area (Å²) in [5, 5.41) is 0. The molecule has 0 atom stereocenters. The normalized spacial score (nSPS) is 11.2. The van der Waals surface area contributed by atoms with Crippen LogP contribution >= 0.6 is 0 Å². The van der Waals surface area contributed by atoms with Gasteiger partial charge in [-0.1, -0.05) is 12.1 Å². The standard InChI is InChI=1S/C20H18N2O4S/c1-13-10-14(6-7-18(13)20(21)23)19-12-16(8-9-22-19)26-15-4-3-5-17(11-15)27(2,24)25/h3-12H,1-2H3,(H2,21,23). The molecule has 3 rings (SSSR count). The molecule has 0 radical (unpaired) electrons. The number of hydrogen-bond donors (Lipinski definition) is 1. The first kappa shape index (κ1) is 18.6. The summed E-state index contributed by atoms with van der Waals surface area (Å²) in [7, 11) is -3.31. The van der Waals surface area contributed by atoms with Gasteiger partial charge in [-0.15, -0.1) is 0 Å². The Hall–Kier alpha value is -3.19. The Morgan fingerprint density at radius 2 is 1.78 bits per heavy atom. The van der Waals surface area contributed by atoms with E-state index < -0.39 is 15.7 Å². The highest BCUT2D eigenvalue weighted by Gasteiger charge is 2.10. The largest absolute Gasteiger partial charge is 0.457 e. The number of rotatable bonds is 5. The molecule has 3 aromatic rings. The lowest BCUT2D eigenvalue weighted by atomic mass is 10.0. The Morgan fingerprint density at radius 3 is 2.44 bits per heavy atom. The highest BCUT2D eigenvalue weighted by atomic mass is 32.2. The molecule has 0 bridgehead atoms. The summed E-state index contributed by atoms with van der Waals surface area (Å²) in [4.78, 5) is 15.9. The lowest BCUT2D eigenvalue weighted by Gasteiger charge is -2.09. The second-order valence-corrected chi connectivity index (χ2v) is 8.14. The zero-order valence-electron chi connectivity index (χ0n) is 14.8. The van der Waals surface area contributed by atoms with Crippen molar-refractivity contribution in [3.8, 4) is 22.8 Å². The van der Waals surface area contributed by atoms with Gasteiger partial charge in [0.2, 0.25) is 5.91 Å². The number of hydrogen-bond acceptors (Lipinski definition) is 5. The number of carbonyl (C=O) groups excluding carboxylic acids is 1. The van der Waals surface area contributed by atoms with Crippen LogP contribution in [0.1, 0.15) is 15.9 Å². The summed E-state index contributed by atoms with van der Waals surface area (Å²) in [6, 6.07) is 15.0. The zero-order chi connectivity index (χ0) is 19.6. The number of sulfone groups is 1. The molecule has 1 aromatic heterocycles. The molecule has 27 heavy (non-hydrogen) atoms. The Balaban J connectivity index is 1.91. The first-order valence-corrected chi connectivity index (χ1v) is 9.98. The van der Waals surface area contributed by atoms with Crippen molar-refractivity contribution in [3.05, 3.63) is 71.9 Å². The summed E-state index contributed by atoms with van der Waals surface area (Å²) in [6.07, 6.45) is 2.75. The number of amides is 1. The molecular weight excluding hydrogens is 364 g/mol. The van der Waals surface area contributed by atoms with Crippen molar-refractivity contribution in [1.82, 2.24) is 4.98 Å². The Kier molecular flexibility index (Phi) is 4.96. The van der Waals surface area contributed by atoms with Gasteiger partial charge in [-0.2, -0.15) is 0 Å². The van der Waals surface area contributed by atoms with E-state index in [-0.39, 0.29) is 4.90 Å². The number of pyridine rings is 1. The van der Waals surface area contributed by atoms with E-state index in [1.54, 1.807) is 49.5 Å². The summed E-state index contributed by atoms with van der Waals surface area (Å²) >= 11 is 0. The van der Waals surface area contributed by atoms with Crippen LogP contribution in [0, 0.1) is 6.92 Å². The zero-order valence-corrected chi connectivity index (χ0v) is 15.7. The van der Waals surface area contributed by atoms with E-state index in [1.165, 1.54) is 12.1 Å². The van der Waals surface area contributed by atoms with Gasteiger partial charge in [0.1, 0.15) is 11.5 Å². The molecule has 1 amide bonds. The van der Waals surface area contributed by atoms with Gasteiger partial charge in [0.05, 0.1) is 10.6 Å². The fourth-order valence-corrected chi connectivity index (χ4v) is 3.29. The number of aromatic nitrogens is 1. The molecule has 2 N–H and O–H groups in total. The van der Waals surface area contributed by atoms with Crippen LogP contribution in [-0.4, -0.2) is 25.6 Å². The minimum Gasteiger partial charge on any atom is -0.457 e. The molecule has 2 aromatic carbocycles. The molecule has 0 spiro atoms. The topological polar surface area (TPSA) is 99.3 Å². The summed E-state index contributed by atoms with van der Waals surface area (Å²) in [5.74, 6) is 0.451. The van der Waals surface area contributed by atoms with Crippen LogP contribution in [-0.2, 0) is 9.84 Å². The third kappa shape index (κ3) is 4.32. The third-order valence-corrected chi connectivity index (χ3v) is 5.10. The van der Waals surface area contributed by atoms with Crippen LogP contribution in [0.4, 0.5) is 0 Å². The van der Waals surface area contributed by atoms with Gasteiger partial charge in [-0.05, 0) is 48.9 Å². The Bertz CT molecular complexity index is 1120. The molecule has 7 heteroatoms. The molecule has 138 valence electrons. The van der Waals surface area contributed by atoms with Gasteiger partial charge in [0, 0.05) is 29.6 Å². The number of ether oxygens (including phenoxy) is 1. The molecule has 0 fully saturated rings. The highest BCUT2D eigenvalue weighted by Crippen LogP contribution is 2.28. The molecule has 0 saturated heterocycles. The first-order chi connectivity index (χ1) is 12.7. The van der Waals surface area contributed by atoms with Crippen molar-refractivity contribution < 1.29 is 17.9 Å². The summed E-state index contributed by atoms with van der Waals surface area (Å²) in [6.45, 7) is 1.81. The average Bonchev–Trinajstić information content (AvgIpc) is 2.61. The SMILES string of the molecule is Cc1cc(-c2cc(Oc3cccc(S(C)(=O)=O)c3)ccn2)ccc1C(N)=O. The minimum absolute atomic E-state index is 0.187. The van der Waals surface area contributed by atoms with Gasteiger partial charge in [-0.3, -0.25) is 9.78 Å². The van der Waals surface area contributed by atoms with E-state index in [4.69, 9.17) is 10.5 Å². The highest BCUT2D eigenvalue weighted by molar-refractivity contribution is 7.90. The van der Waals surface area contributed by atoms with E-state index in [1.807, 2.05) is 6.07 Å². The smallest absolute Gasteiger partial charge is 0.248 e. The van der Waals surface area contributed by atoms with E-state index in [2.05, 4.69) is 4.98 Å². The predicted octanol–water partition coefficient (Wildman–Crippen LogP) is 3.35. The molecule has 0 unspecified atom stereocenters. The number of nitrogens with zero attached hydrogens (tertiary/aromatic N) is 1. The van der Waals surface area contributed by atoms with Gasteiger partial charge < -0.3 is 10.5 Å². The third-order valence-electron chi connectivity index (χ3n) is 3.99. The predicted molar refractivity (Wildman–Crippen MR) is 103 cm³/mol. The van der Waals surface area contributed by atoms with Crippen molar-refractivity contribution >= 4 is 15.7 Å². The molecule has 6 nitrogen and oxygen atoms in total. The number of carbonyl (C=O) groups is 1. The lowest BCUT2D eigenvalue weighted by molar-refractivity contribution is 0.0999. The van der Waals surface area contributed by atoms with Crippen LogP contribution in [0.3, 0.4) is 0 Å². The number of benzene rings is 2. The maximum Gasteiger partial charge on any atom is 0.248 e. The number of aryl methyl sites for hydroxylation is 1. The van der Waals surface area contributed by atoms with Gasteiger partial charge in [0.25, 0.3) is 0 Å². The van der Waals surface area contributed by atoms with Crippen LogP contribution < -0.4 is 10.5 Å². The van der Waals surface area contributed by atoms with Crippen molar-refractivity contribution in [2.24, 2.45) is 5.73 Å². The van der Waals surface area contributed by atoms with Gasteiger partial charge in [0.15, 0.2) is 9.84 Å². The van der Waals surface area contributed by atoms with E-state index in [0.29, 0.717) is 22.8 Å². The van der Waals surface area contributed by atoms with E-state index in [9.17, 15) is 13.2 Å². The maximum atomic E-state index is 11.7. The summed E-state index contributed by atoms with van der Waals surface area (Å²) in [5.41, 5.74) is 8.03. The average molecular weight is 382 g/mol. The second-order valence-electron chi connectivity index (χ2n) is 6.12. The minimum atomic E-state index is -3.31. The fourth-order valence-electron chi connectivity index (χ4n) is 2.64. The number of nitrogens with two attached hydrogens (primary N) is 1. The van der Waals surface area contributed by atoms with E-state index in [0.717, 1.165) is 17.4 Å². The van der Waals surface area contributed by atoms with Crippen LogP contribution in [0.25, 0.3) is 11.3 Å². The van der Waals surface area contributed by atoms with Crippen LogP contribution in [0.2, 0.25) is 0 Å². The van der Waals surface area contributed by atoms with E-state index >= 15 is 0 Å². The molecule has 0 aliphatic heterocycles. The molecule has 1 heterocycles.